The van der Waals surface area contributed by atoms with Crippen molar-refractivity contribution in [3.8, 4) is 0 Å². The van der Waals surface area contributed by atoms with Crippen molar-refractivity contribution in [2.45, 2.75) is 25.6 Å². The summed E-state index contributed by atoms with van der Waals surface area (Å²) in [6.45, 7) is 1.37. The van der Waals surface area contributed by atoms with Crippen LogP contribution in [0.15, 0.2) is 24.3 Å². The average molecular weight is 246 g/mol. The van der Waals surface area contributed by atoms with Crippen LogP contribution in [0.5, 0.6) is 0 Å². The first-order valence-corrected chi connectivity index (χ1v) is 5.04. The van der Waals surface area contributed by atoms with Crippen LogP contribution >= 0.6 is 0 Å². The van der Waals surface area contributed by atoms with Crippen LogP contribution in [0, 0.1) is 0 Å². The molecule has 0 saturated carbocycles. The number of ether oxygens (including phenoxy) is 1. The summed E-state index contributed by atoms with van der Waals surface area (Å²) in [5.74, 6) is -0.186. The minimum atomic E-state index is -4.30. The third kappa shape index (κ3) is 4.19. The summed E-state index contributed by atoms with van der Waals surface area (Å²) in [5, 5.41) is 0. The normalized spacial score (nSPS) is 13.5. The molecule has 0 amide bonds. The molecule has 0 saturated heterocycles. The number of Topliss-reactive ketones (excluding diaryl/α,β-unsaturated/α-hetero) is 1. The van der Waals surface area contributed by atoms with Crippen molar-refractivity contribution in [2.24, 2.45) is 0 Å². The summed E-state index contributed by atoms with van der Waals surface area (Å²) in [4.78, 5) is 11.1. The molecule has 0 aliphatic heterocycles. The Morgan fingerprint density at radius 1 is 1.41 bits per heavy atom. The van der Waals surface area contributed by atoms with E-state index in [9.17, 15) is 18.0 Å². The summed E-state index contributed by atoms with van der Waals surface area (Å²) in [6, 6.07) is 6.06. The van der Waals surface area contributed by atoms with Crippen molar-refractivity contribution in [1.82, 2.24) is 0 Å². The molecule has 2 nitrogen and oxygen atoms in total. The van der Waals surface area contributed by atoms with Gasteiger partial charge in [-0.2, -0.15) is 13.2 Å². The van der Waals surface area contributed by atoms with Gasteiger partial charge in [0.25, 0.3) is 0 Å². The van der Waals surface area contributed by atoms with Crippen molar-refractivity contribution >= 4 is 5.78 Å². The largest absolute Gasteiger partial charge is 0.391 e. The minimum absolute atomic E-state index is 0.186. The van der Waals surface area contributed by atoms with E-state index in [0.29, 0.717) is 11.1 Å². The van der Waals surface area contributed by atoms with Crippen molar-refractivity contribution in [3.05, 3.63) is 35.4 Å². The molecular formula is C12H13F3O2. The number of carbonyl (C=O) groups is 1. The smallest absolute Gasteiger partial charge is 0.376 e. The van der Waals surface area contributed by atoms with E-state index in [2.05, 4.69) is 0 Å². The lowest BCUT2D eigenvalue weighted by molar-refractivity contribution is -0.158. The minimum Gasteiger partial charge on any atom is -0.376 e. The second kappa shape index (κ2) is 5.31. The molecule has 0 spiro atoms. The number of alkyl halides is 3. The fraction of sp³-hybridized carbons (Fsp3) is 0.417. The van der Waals surface area contributed by atoms with Crippen molar-refractivity contribution < 1.29 is 22.7 Å². The monoisotopic (exact) mass is 246 g/mol. The van der Waals surface area contributed by atoms with Gasteiger partial charge in [-0.3, -0.25) is 4.79 Å². The average Bonchev–Trinajstić information content (AvgIpc) is 2.25. The van der Waals surface area contributed by atoms with Gasteiger partial charge in [-0.15, -0.1) is 0 Å². The maximum atomic E-state index is 12.3. The van der Waals surface area contributed by atoms with Crippen molar-refractivity contribution in [3.63, 3.8) is 0 Å². The molecular weight excluding hydrogens is 233 g/mol. The summed E-state index contributed by atoms with van der Waals surface area (Å²) < 4.78 is 41.7. The number of rotatable bonds is 4. The van der Waals surface area contributed by atoms with E-state index >= 15 is 0 Å². The van der Waals surface area contributed by atoms with Crippen molar-refractivity contribution in [1.29, 1.82) is 0 Å². The highest BCUT2D eigenvalue weighted by Gasteiger charge is 2.32. The van der Waals surface area contributed by atoms with Gasteiger partial charge in [0.1, 0.15) is 0 Å². The Kier molecular flexibility index (Phi) is 4.28. The molecule has 0 aromatic heterocycles. The first kappa shape index (κ1) is 13.7. The lowest BCUT2D eigenvalue weighted by Crippen LogP contribution is -2.15. The van der Waals surface area contributed by atoms with Gasteiger partial charge >= 0.3 is 6.18 Å². The topological polar surface area (TPSA) is 26.3 Å². The third-order valence-electron chi connectivity index (χ3n) is 2.37. The van der Waals surface area contributed by atoms with Crippen LogP contribution in [0.25, 0.3) is 0 Å². The lowest BCUT2D eigenvalue weighted by atomic mass is 10.0. The van der Waals surface area contributed by atoms with E-state index in [1.165, 1.54) is 26.2 Å². The second-order valence-corrected chi connectivity index (χ2v) is 3.73. The van der Waals surface area contributed by atoms with Gasteiger partial charge < -0.3 is 4.74 Å². The number of hydrogen-bond acceptors (Lipinski definition) is 2. The number of hydrogen-bond donors (Lipinski definition) is 0. The Morgan fingerprint density at radius 2 is 2.06 bits per heavy atom. The molecule has 1 aromatic rings. The molecule has 1 aromatic carbocycles. The predicted octanol–water partition coefficient (Wildman–Crippen LogP) is 3.53. The maximum absolute atomic E-state index is 12.3. The molecule has 0 aliphatic rings. The van der Waals surface area contributed by atoms with Crippen LogP contribution in [-0.4, -0.2) is 19.1 Å². The van der Waals surface area contributed by atoms with E-state index < -0.39 is 18.7 Å². The third-order valence-corrected chi connectivity index (χ3v) is 2.37. The highest BCUT2D eigenvalue weighted by Crippen LogP contribution is 2.31. The number of carbonyl (C=O) groups excluding carboxylic acids is 1. The molecule has 0 radical (unpaired) electrons. The molecule has 0 heterocycles. The Balaban J connectivity index is 2.96. The lowest BCUT2D eigenvalue weighted by Gasteiger charge is -2.18. The van der Waals surface area contributed by atoms with Crippen LogP contribution in [0.3, 0.4) is 0 Å². The van der Waals surface area contributed by atoms with Gasteiger partial charge in [0, 0.05) is 12.7 Å². The van der Waals surface area contributed by atoms with Crippen LogP contribution in [0.1, 0.15) is 35.4 Å². The number of ketones is 1. The first-order valence-electron chi connectivity index (χ1n) is 5.04. The molecule has 0 aliphatic carbocycles. The van der Waals surface area contributed by atoms with E-state index in [1.54, 1.807) is 12.1 Å². The fourth-order valence-electron chi connectivity index (χ4n) is 1.51. The summed E-state index contributed by atoms with van der Waals surface area (Å²) in [6.07, 6.45) is -6.44. The molecule has 0 N–H and O–H groups in total. The van der Waals surface area contributed by atoms with E-state index in [0.717, 1.165) is 0 Å². The van der Waals surface area contributed by atoms with Gasteiger partial charge in [0.2, 0.25) is 0 Å². The van der Waals surface area contributed by atoms with E-state index in [-0.39, 0.29) is 5.78 Å². The van der Waals surface area contributed by atoms with Gasteiger partial charge in [-0.25, -0.2) is 0 Å². The summed E-state index contributed by atoms with van der Waals surface area (Å²) in [7, 11) is 1.22. The molecule has 1 rings (SSSR count). The van der Waals surface area contributed by atoms with Gasteiger partial charge in [-0.1, -0.05) is 18.2 Å². The number of benzene rings is 1. The summed E-state index contributed by atoms with van der Waals surface area (Å²) in [5.41, 5.74) is 0.740. The van der Waals surface area contributed by atoms with Crippen molar-refractivity contribution in [2.75, 3.05) is 7.11 Å². The zero-order valence-corrected chi connectivity index (χ0v) is 9.54. The SMILES string of the molecule is COC(CC(F)(F)F)c1cccc(C(C)=O)c1. The summed E-state index contributed by atoms with van der Waals surface area (Å²) >= 11 is 0. The number of halogens is 3. The molecule has 0 fully saturated rings. The maximum Gasteiger partial charge on any atom is 0.391 e. The van der Waals surface area contributed by atoms with Gasteiger partial charge in [0.15, 0.2) is 5.78 Å². The second-order valence-electron chi connectivity index (χ2n) is 3.73. The van der Waals surface area contributed by atoms with E-state index in [4.69, 9.17) is 4.74 Å². The molecule has 17 heavy (non-hydrogen) atoms. The fourth-order valence-corrected chi connectivity index (χ4v) is 1.51. The zero-order valence-electron chi connectivity index (χ0n) is 9.54. The van der Waals surface area contributed by atoms with Crippen LogP contribution in [0.2, 0.25) is 0 Å². The zero-order chi connectivity index (χ0) is 13.1. The Hall–Kier alpha value is -1.36. The van der Waals surface area contributed by atoms with Crippen LogP contribution in [-0.2, 0) is 4.74 Å². The molecule has 0 bridgehead atoms. The predicted molar refractivity (Wildman–Crippen MR) is 56.9 cm³/mol. The Bertz CT molecular complexity index is 399. The number of methoxy groups -OCH3 is 1. The van der Waals surface area contributed by atoms with Crippen LogP contribution < -0.4 is 0 Å². The standard InChI is InChI=1S/C12H13F3O2/c1-8(16)9-4-3-5-10(6-9)11(17-2)7-12(13,14)15/h3-6,11H,7H2,1-2H3. The Morgan fingerprint density at radius 3 is 2.53 bits per heavy atom. The van der Waals surface area contributed by atoms with Gasteiger partial charge in [0.05, 0.1) is 12.5 Å². The quantitative estimate of drug-likeness (QED) is 0.760. The molecule has 1 atom stereocenters. The highest BCUT2D eigenvalue weighted by molar-refractivity contribution is 5.94. The Labute approximate surface area is 97.4 Å². The molecule has 1 unspecified atom stereocenters. The van der Waals surface area contributed by atoms with Crippen LogP contribution in [0.4, 0.5) is 13.2 Å². The highest BCUT2D eigenvalue weighted by atomic mass is 19.4. The first-order chi connectivity index (χ1) is 7.83. The molecule has 5 heteroatoms. The van der Waals surface area contributed by atoms with E-state index in [1.807, 2.05) is 0 Å². The molecule has 94 valence electrons. The van der Waals surface area contributed by atoms with Gasteiger partial charge in [-0.05, 0) is 18.6 Å².